The minimum atomic E-state index is -0.179. The Morgan fingerprint density at radius 3 is 2.58 bits per heavy atom. The van der Waals surface area contributed by atoms with Crippen molar-refractivity contribution in [2.24, 2.45) is 5.41 Å². The Labute approximate surface area is 114 Å². The SMILES string of the molecule is CCOC1CC(Nc2ccc(F)cc2)C12CCCC2. The monoisotopic (exact) mass is 263 g/mol. The summed E-state index contributed by atoms with van der Waals surface area (Å²) >= 11 is 0. The predicted octanol–water partition coefficient (Wildman–Crippen LogP) is 3.98. The third-order valence-corrected chi connectivity index (χ3v) is 4.87. The Morgan fingerprint density at radius 1 is 1.26 bits per heavy atom. The average Bonchev–Trinajstić information content (AvgIpc) is 2.92. The van der Waals surface area contributed by atoms with E-state index >= 15 is 0 Å². The van der Waals surface area contributed by atoms with E-state index in [4.69, 9.17) is 4.74 Å². The van der Waals surface area contributed by atoms with Crippen molar-refractivity contribution in [1.82, 2.24) is 0 Å². The smallest absolute Gasteiger partial charge is 0.123 e. The van der Waals surface area contributed by atoms with E-state index in [2.05, 4.69) is 12.2 Å². The molecule has 1 spiro atoms. The minimum absolute atomic E-state index is 0.179. The highest BCUT2D eigenvalue weighted by atomic mass is 19.1. The van der Waals surface area contributed by atoms with Gasteiger partial charge in [0, 0.05) is 23.8 Å². The molecule has 3 rings (SSSR count). The highest BCUT2D eigenvalue weighted by Gasteiger charge is 2.56. The van der Waals surface area contributed by atoms with Crippen LogP contribution in [0.1, 0.15) is 39.0 Å². The first kappa shape index (κ1) is 12.9. The van der Waals surface area contributed by atoms with Gasteiger partial charge < -0.3 is 10.1 Å². The number of anilines is 1. The molecule has 2 atom stereocenters. The van der Waals surface area contributed by atoms with Crippen LogP contribution in [0, 0.1) is 11.2 Å². The van der Waals surface area contributed by atoms with E-state index in [0.717, 1.165) is 18.7 Å². The topological polar surface area (TPSA) is 21.3 Å². The molecule has 2 fully saturated rings. The van der Waals surface area contributed by atoms with Crippen LogP contribution in [0.4, 0.5) is 10.1 Å². The molecule has 0 bridgehead atoms. The molecule has 0 aliphatic heterocycles. The number of nitrogens with one attached hydrogen (secondary N) is 1. The molecule has 2 nitrogen and oxygen atoms in total. The number of benzene rings is 1. The molecule has 0 amide bonds. The van der Waals surface area contributed by atoms with Gasteiger partial charge >= 0.3 is 0 Å². The van der Waals surface area contributed by atoms with Crippen LogP contribution in [0.15, 0.2) is 24.3 Å². The molecule has 2 aliphatic carbocycles. The first-order valence-corrected chi connectivity index (χ1v) is 7.38. The predicted molar refractivity (Wildman–Crippen MR) is 74.7 cm³/mol. The van der Waals surface area contributed by atoms with Crippen molar-refractivity contribution < 1.29 is 9.13 Å². The number of halogens is 1. The molecule has 1 N–H and O–H groups in total. The summed E-state index contributed by atoms with van der Waals surface area (Å²) < 4.78 is 18.8. The van der Waals surface area contributed by atoms with E-state index in [1.807, 2.05) is 12.1 Å². The zero-order valence-electron chi connectivity index (χ0n) is 11.5. The summed E-state index contributed by atoms with van der Waals surface area (Å²) in [6.07, 6.45) is 6.63. The van der Waals surface area contributed by atoms with Gasteiger partial charge in [0.15, 0.2) is 0 Å². The molecule has 0 saturated heterocycles. The summed E-state index contributed by atoms with van der Waals surface area (Å²) in [6.45, 7) is 2.87. The first-order chi connectivity index (χ1) is 9.24. The summed E-state index contributed by atoms with van der Waals surface area (Å²) in [6, 6.07) is 7.17. The van der Waals surface area contributed by atoms with Crippen LogP contribution < -0.4 is 5.32 Å². The molecular formula is C16H22FNO. The van der Waals surface area contributed by atoms with E-state index in [-0.39, 0.29) is 5.82 Å². The molecule has 104 valence electrons. The van der Waals surface area contributed by atoms with E-state index in [9.17, 15) is 4.39 Å². The molecule has 19 heavy (non-hydrogen) atoms. The van der Waals surface area contributed by atoms with Crippen molar-refractivity contribution >= 4 is 5.69 Å². The normalized spacial score (nSPS) is 28.3. The van der Waals surface area contributed by atoms with Gasteiger partial charge in [-0.05, 0) is 50.5 Å². The highest BCUT2D eigenvalue weighted by molar-refractivity contribution is 5.45. The molecule has 3 heteroatoms. The largest absolute Gasteiger partial charge is 0.382 e. The summed E-state index contributed by atoms with van der Waals surface area (Å²) in [5.74, 6) is -0.179. The lowest BCUT2D eigenvalue weighted by molar-refractivity contribution is -0.114. The fourth-order valence-corrected chi connectivity index (χ4v) is 3.84. The van der Waals surface area contributed by atoms with E-state index in [0.29, 0.717) is 17.6 Å². The van der Waals surface area contributed by atoms with Gasteiger partial charge in [0.1, 0.15) is 5.82 Å². The minimum Gasteiger partial charge on any atom is -0.382 e. The van der Waals surface area contributed by atoms with Gasteiger partial charge in [-0.2, -0.15) is 0 Å². The third kappa shape index (κ3) is 2.25. The fourth-order valence-electron chi connectivity index (χ4n) is 3.84. The number of hydrogen-bond donors (Lipinski definition) is 1. The number of ether oxygens (including phenoxy) is 1. The van der Waals surface area contributed by atoms with Gasteiger partial charge in [-0.15, -0.1) is 0 Å². The molecule has 2 saturated carbocycles. The second-order valence-corrected chi connectivity index (χ2v) is 5.82. The van der Waals surface area contributed by atoms with Gasteiger partial charge in [0.05, 0.1) is 6.10 Å². The lowest BCUT2D eigenvalue weighted by Gasteiger charge is -2.54. The van der Waals surface area contributed by atoms with Crippen LogP contribution in [-0.2, 0) is 4.74 Å². The maximum Gasteiger partial charge on any atom is 0.123 e. The Kier molecular flexibility index (Phi) is 3.48. The summed E-state index contributed by atoms with van der Waals surface area (Å²) in [5, 5.41) is 3.58. The van der Waals surface area contributed by atoms with Gasteiger partial charge in [0.2, 0.25) is 0 Å². The van der Waals surface area contributed by atoms with Crippen LogP contribution in [0.2, 0.25) is 0 Å². The molecule has 2 aliphatic rings. The lowest BCUT2D eigenvalue weighted by Crippen LogP contribution is -2.60. The lowest BCUT2D eigenvalue weighted by atomic mass is 9.60. The maximum absolute atomic E-state index is 12.9. The van der Waals surface area contributed by atoms with Crippen molar-refractivity contribution in [1.29, 1.82) is 0 Å². The Bertz CT molecular complexity index is 425. The van der Waals surface area contributed by atoms with E-state index in [1.54, 1.807) is 0 Å². The van der Waals surface area contributed by atoms with Crippen molar-refractivity contribution in [3.8, 4) is 0 Å². The van der Waals surface area contributed by atoms with Gasteiger partial charge in [0.25, 0.3) is 0 Å². The highest BCUT2D eigenvalue weighted by Crippen LogP contribution is 2.55. The molecule has 1 aromatic rings. The Morgan fingerprint density at radius 2 is 1.95 bits per heavy atom. The van der Waals surface area contributed by atoms with E-state index in [1.165, 1.54) is 37.8 Å². The van der Waals surface area contributed by atoms with E-state index < -0.39 is 0 Å². The summed E-state index contributed by atoms with van der Waals surface area (Å²) in [4.78, 5) is 0. The molecule has 2 unspecified atom stereocenters. The number of rotatable bonds is 4. The fraction of sp³-hybridized carbons (Fsp3) is 0.625. The third-order valence-electron chi connectivity index (χ3n) is 4.87. The summed E-state index contributed by atoms with van der Waals surface area (Å²) in [7, 11) is 0. The quantitative estimate of drug-likeness (QED) is 0.887. The van der Waals surface area contributed by atoms with Crippen LogP contribution in [-0.4, -0.2) is 18.8 Å². The van der Waals surface area contributed by atoms with Crippen molar-refractivity contribution in [3.05, 3.63) is 30.1 Å². The first-order valence-electron chi connectivity index (χ1n) is 7.38. The molecule has 0 aromatic heterocycles. The number of hydrogen-bond acceptors (Lipinski definition) is 2. The Hall–Kier alpha value is -1.09. The van der Waals surface area contributed by atoms with Crippen LogP contribution >= 0.6 is 0 Å². The average molecular weight is 263 g/mol. The van der Waals surface area contributed by atoms with Crippen molar-refractivity contribution in [3.63, 3.8) is 0 Å². The van der Waals surface area contributed by atoms with Gasteiger partial charge in [-0.25, -0.2) is 4.39 Å². The standard InChI is InChI=1S/C16H22FNO/c1-2-19-15-11-14(16(15)9-3-4-10-16)18-13-7-5-12(17)6-8-13/h5-8,14-15,18H,2-4,9-11H2,1H3. The zero-order chi connectivity index (χ0) is 13.3. The molecule has 0 radical (unpaired) electrons. The van der Waals surface area contributed by atoms with Gasteiger partial charge in [-0.1, -0.05) is 12.8 Å². The molecule has 0 heterocycles. The van der Waals surface area contributed by atoms with Crippen LogP contribution in [0.5, 0.6) is 0 Å². The molecule has 1 aromatic carbocycles. The van der Waals surface area contributed by atoms with Crippen molar-refractivity contribution in [2.75, 3.05) is 11.9 Å². The second kappa shape index (κ2) is 5.12. The maximum atomic E-state index is 12.9. The second-order valence-electron chi connectivity index (χ2n) is 5.82. The Balaban J connectivity index is 1.70. The van der Waals surface area contributed by atoms with Crippen LogP contribution in [0.3, 0.4) is 0 Å². The van der Waals surface area contributed by atoms with Crippen LogP contribution in [0.25, 0.3) is 0 Å². The van der Waals surface area contributed by atoms with Crippen molar-refractivity contribution in [2.45, 2.75) is 51.2 Å². The van der Waals surface area contributed by atoms with Gasteiger partial charge in [-0.3, -0.25) is 0 Å². The zero-order valence-corrected chi connectivity index (χ0v) is 11.5. The molecular weight excluding hydrogens is 241 g/mol. The summed E-state index contributed by atoms with van der Waals surface area (Å²) in [5.41, 5.74) is 1.34.